The van der Waals surface area contributed by atoms with Gasteiger partial charge in [-0.25, -0.2) is 0 Å². The van der Waals surface area contributed by atoms with Gasteiger partial charge in [0.15, 0.2) is 0 Å². The topological polar surface area (TPSA) is 35.5 Å². The molecule has 3 nitrogen and oxygen atoms in total. The van der Waals surface area contributed by atoms with E-state index in [4.69, 9.17) is 0 Å². The summed E-state index contributed by atoms with van der Waals surface area (Å²) < 4.78 is 37.5. The Bertz CT molecular complexity index is 269. The molecule has 114 valence electrons. The average Bonchev–Trinajstić information content (AvgIpc) is 3.14. The highest BCUT2D eigenvalue weighted by atomic mass is 19.4. The fraction of sp³-hybridized carbons (Fsp3) is 1.00. The number of nitrogens with zero attached hydrogens (tertiary/aromatic N) is 1. The third-order valence-electron chi connectivity index (χ3n) is 3.55. The first-order valence-electron chi connectivity index (χ1n) is 6.96. The molecule has 1 atom stereocenters. The van der Waals surface area contributed by atoms with Crippen LogP contribution in [0.1, 0.15) is 39.5 Å². The van der Waals surface area contributed by atoms with Crippen molar-refractivity contribution in [3.05, 3.63) is 0 Å². The van der Waals surface area contributed by atoms with Crippen LogP contribution < -0.4 is 5.32 Å². The summed E-state index contributed by atoms with van der Waals surface area (Å²) in [6, 6.07) is 0.0794. The van der Waals surface area contributed by atoms with Crippen LogP contribution in [0.4, 0.5) is 13.2 Å². The molecule has 1 aliphatic carbocycles. The number of halogens is 3. The summed E-state index contributed by atoms with van der Waals surface area (Å²) in [4.78, 5) is 1.50. The van der Waals surface area contributed by atoms with E-state index >= 15 is 0 Å². The van der Waals surface area contributed by atoms with Crippen molar-refractivity contribution < 1.29 is 18.3 Å². The first kappa shape index (κ1) is 16.7. The molecule has 19 heavy (non-hydrogen) atoms. The third kappa shape index (κ3) is 6.58. The maximum Gasteiger partial charge on any atom is 0.401 e. The van der Waals surface area contributed by atoms with Gasteiger partial charge in [-0.2, -0.15) is 13.2 Å². The summed E-state index contributed by atoms with van der Waals surface area (Å²) in [5.74, 6) is 0. The van der Waals surface area contributed by atoms with Crippen molar-refractivity contribution in [1.82, 2.24) is 10.2 Å². The van der Waals surface area contributed by atoms with Crippen molar-refractivity contribution in [3.63, 3.8) is 0 Å². The molecule has 1 rings (SSSR count). The number of aliphatic hydroxyl groups is 1. The summed E-state index contributed by atoms with van der Waals surface area (Å²) in [6.07, 6.45) is -0.974. The van der Waals surface area contributed by atoms with E-state index in [9.17, 15) is 18.3 Å². The Morgan fingerprint density at radius 3 is 2.37 bits per heavy atom. The first-order valence-corrected chi connectivity index (χ1v) is 6.96. The van der Waals surface area contributed by atoms with Gasteiger partial charge in [0.2, 0.25) is 0 Å². The molecule has 1 unspecified atom stereocenters. The van der Waals surface area contributed by atoms with Crippen molar-refractivity contribution in [2.24, 2.45) is 0 Å². The lowest BCUT2D eigenvalue weighted by atomic mass is 9.98. The molecule has 0 bridgehead atoms. The van der Waals surface area contributed by atoms with Crippen LogP contribution in [0.25, 0.3) is 0 Å². The minimum Gasteiger partial charge on any atom is -0.394 e. The molecule has 0 aromatic carbocycles. The Hall–Kier alpha value is -0.330. The zero-order chi connectivity index (χ0) is 14.5. The summed E-state index contributed by atoms with van der Waals surface area (Å²) in [5.41, 5.74) is -0.491. The molecule has 1 aliphatic rings. The number of rotatable bonds is 9. The second kappa shape index (κ2) is 6.90. The summed E-state index contributed by atoms with van der Waals surface area (Å²) >= 11 is 0. The van der Waals surface area contributed by atoms with Gasteiger partial charge in [0.1, 0.15) is 0 Å². The Kier molecular flexibility index (Phi) is 6.08. The lowest BCUT2D eigenvalue weighted by Crippen LogP contribution is -2.49. The third-order valence-corrected chi connectivity index (χ3v) is 3.55. The van der Waals surface area contributed by atoms with Crippen LogP contribution in [0.2, 0.25) is 0 Å². The molecule has 0 saturated heterocycles. The van der Waals surface area contributed by atoms with Crippen molar-refractivity contribution in [2.45, 2.75) is 57.3 Å². The van der Waals surface area contributed by atoms with Crippen LogP contribution in [0, 0.1) is 0 Å². The number of nitrogens with one attached hydrogen (secondary N) is 1. The molecule has 0 aliphatic heterocycles. The number of aliphatic hydroxyl groups excluding tert-OH is 1. The zero-order valence-corrected chi connectivity index (χ0v) is 11.8. The fourth-order valence-electron chi connectivity index (χ4n) is 2.10. The number of hydrogen-bond donors (Lipinski definition) is 2. The number of hydrogen-bond acceptors (Lipinski definition) is 3. The minimum atomic E-state index is -4.14. The lowest BCUT2D eigenvalue weighted by Gasteiger charge is -2.32. The quantitative estimate of drug-likeness (QED) is 0.680. The van der Waals surface area contributed by atoms with Crippen molar-refractivity contribution >= 4 is 0 Å². The predicted octanol–water partition coefficient (Wildman–Crippen LogP) is 2.15. The van der Waals surface area contributed by atoms with E-state index in [-0.39, 0.29) is 12.6 Å². The summed E-state index contributed by atoms with van der Waals surface area (Å²) in [7, 11) is 0. The van der Waals surface area contributed by atoms with E-state index in [0.717, 1.165) is 25.8 Å². The zero-order valence-electron chi connectivity index (χ0n) is 11.8. The van der Waals surface area contributed by atoms with Gasteiger partial charge in [-0.15, -0.1) is 0 Å². The van der Waals surface area contributed by atoms with E-state index in [0.29, 0.717) is 13.0 Å². The van der Waals surface area contributed by atoms with Crippen LogP contribution in [0.5, 0.6) is 0 Å². The maximum atomic E-state index is 12.5. The number of alkyl halides is 3. The largest absolute Gasteiger partial charge is 0.401 e. The Balaban J connectivity index is 2.45. The van der Waals surface area contributed by atoms with Crippen LogP contribution in [-0.2, 0) is 0 Å². The molecule has 6 heteroatoms. The molecule has 0 aromatic heterocycles. The van der Waals surface area contributed by atoms with E-state index in [1.54, 1.807) is 0 Å². The monoisotopic (exact) mass is 282 g/mol. The highest BCUT2D eigenvalue weighted by Crippen LogP contribution is 2.30. The molecule has 0 radical (unpaired) electrons. The molecular formula is C13H25F3N2O. The molecule has 0 spiro atoms. The van der Waals surface area contributed by atoms with Gasteiger partial charge < -0.3 is 10.4 Å². The van der Waals surface area contributed by atoms with Crippen LogP contribution in [0.15, 0.2) is 0 Å². The molecule has 2 N–H and O–H groups in total. The van der Waals surface area contributed by atoms with Gasteiger partial charge >= 0.3 is 6.18 Å². The van der Waals surface area contributed by atoms with E-state index in [1.165, 1.54) is 4.90 Å². The lowest BCUT2D eigenvalue weighted by molar-refractivity contribution is -0.147. The van der Waals surface area contributed by atoms with Gasteiger partial charge in [-0.3, -0.25) is 4.90 Å². The van der Waals surface area contributed by atoms with Crippen molar-refractivity contribution in [1.29, 1.82) is 0 Å². The van der Waals surface area contributed by atoms with E-state index < -0.39 is 18.3 Å². The Morgan fingerprint density at radius 2 is 1.95 bits per heavy atom. The van der Waals surface area contributed by atoms with Crippen molar-refractivity contribution in [3.8, 4) is 0 Å². The second-order valence-corrected chi connectivity index (χ2v) is 5.71. The molecule has 0 aromatic rings. The highest BCUT2D eigenvalue weighted by molar-refractivity contribution is 4.89. The normalized spacial score (nSPS) is 19.7. The van der Waals surface area contributed by atoms with Crippen LogP contribution >= 0.6 is 0 Å². The van der Waals surface area contributed by atoms with Gasteiger partial charge in [0, 0.05) is 18.1 Å². The maximum absolute atomic E-state index is 12.5. The summed E-state index contributed by atoms with van der Waals surface area (Å²) in [5, 5.41) is 12.6. The Labute approximate surface area is 113 Å². The molecule has 1 saturated carbocycles. The average molecular weight is 282 g/mol. The van der Waals surface area contributed by atoms with Gasteiger partial charge in [-0.1, -0.05) is 6.92 Å². The van der Waals surface area contributed by atoms with Gasteiger partial charge in [-0.05, 0) is 39.2 Å². The van der Waals surface area contributed by atoms with Crippen LogP contribution in [-0.4, -0.2) is 54.0 Å². The highest BCUT2D eigenvalue weighted by Gasteiger charge is 2.38. The minimum absolute atomic E-state index is 0.0580. The second-order valence-electron chi connectivity index (χ2n) is 5.71. The summed E-state index contributed by atoms with van der Waals surface area (Å²) in [6.45, 7) is 4.12. The fourth-order valence-corrected chi connectivity index (χ4v) is 2.10. The van der Waals surface area contributed by atoms with E-state index in [2.05, 4.69) is 5.32 Å². The van der Waals surface area contributed by atoms with Gasteiger partial charge in [0.25, 0.3) is 0 Å². The van der Waals surface area contributed by atoms with Gasteiger partial charge in [0.05, 0.1) is 13.2 Å². The SMILES string of the molecule is CCCNC(C)(CO)CCN(CC(F)(F)F)C1CC1. The standard InChI is InChI=1S/C13H25F3N2O/c1-3-7-17-12(2,10-19)6-8-18(11-4-5-11)9-13(14,15)16/h11,17,19H,3-10H2,1-2H3. The smallest absolute Gasteiger partial charge is 0.394 e. The first-order chi connectivity index (χ1) is 8.79. The van der Waals surface area contributed by atoms with Crippen LogP contribution in [0.3, 0.4) is 0 Å². The molecular weight excluding hydrogens is 257 g/mol. The molecule has 1 fully saturated rings. The van der Waals surface area contributed by atoms with E-state index in [1.807, 2.05) is 13.8 Å². The predicted molar refractivity (Wildman–Crippen MR) is 69.1 cm³/mol. The molecule has 0 heterocycles. The molecule has 0 amide bonds. The van der Waals surface area contributed by atoms with Crippen molar-refractivity contribution in [2.75, 3.05) is 26.2 Å². The Morgan fingerprint density at radius 1 is 1.32 bits per heavy atom.